The number of nitrogens with zero attached hydrogens (tertiary/aromatic N) is 1. The largest absolute Gasteiger partial charge is 0.515 e. The van der Waals surface area contributed by atoms with Crippen LogP contribution in [0.5, 0.6) is 0 Å². The molecule has 0 aromatic rings. The number of carbonyl (C=O) groups is 2. The van der Waals surface area contributed by atoms with Crippen LogP contribution in [-0.4, -0.2) is 42.3 Å². The minimum absolute atomic E-state index is 0.176. The van der Waals surface area contributed by atoms with Crippen LogP contribution >= 0.6 is 23.4 Å². The Labute approximate surface area is 116 Å². The van der Waals surface area contributed by atoms with Crippen LogP contribution in [0, 0.1) is 0 Å². The van der Waals surface area contributed by atoms with Crippen LogP contribution in [0.2, 0.25) is 19.6 Å². The lowest BCUT2D eigenvalue weighted by molar-refractivity contribution is -0.147. The topological polar surface area (TPSA) is 72.6 Å². The van der Waals surface area contributed by atoms with Gasteiger partial charge in [-0.15, -0.1) is 11.8 Å². The second-order valence-electron chi connectivity index (χ2n) is 5.19. The number of fused-ring (bicyclic) bond motifs is 1. The third kappa shape index (κ3) is 2.32. The van der Waals surface area contributed by atoms with Gasteiger partial charge in [-0.05, 0) is 19.6 Å². The van der Waals surface area contributed by atoms with Gasteiger partial charge in [-0.25, -0.2) is 4.79 Å². The van der Waals surface area contributed by atoms with E-state index in [1.807, 2.05) is 19.6 Å². The first kappa shape index (κ1) is 13.9. The minimum atomic E-state index is -2.02. The van der Waals surface area contributed by atoms with Crippen molar-refractivity contribution in [1.29, 1.82) is 0 Å². The first-order chi connectivity index (χ1) is 8.22. The van der Waals surface area contributed by atoms with Crippen LogP contribution in [0.15, 0.2) is 10.7 Å². The number of carbonyl (C=O) groups excluding carboxylic acids is 2. The van der Waals surface area contributed by atoms with E-state index in [9.17, 15) is 9.59 Å². The Kier molecular flexibility index (Phi) is 3.52. The number of nitrogens with two attached hydrogens (primary N) is 1. The molecule has 18 heavy (non-hydrogen) atoms. The molecule has 0 aromatic carbocycles. The molecule has 0 bridgehead atoms. The Morgan fingerprint density at radius 2 is 2.17 bits per heavy atom. The van der Waals surface area contributed by atoms with E-state index in [2.05, 4.69) is 0 Å². The van der Waals surface area contributed by atoms with Gasteiger partial charge in [0, 0.05) is 5.75 Å². The summed E-state index contributed by atoms with van der Waals surface area (Å²) in [6.45, 7) is 5.70. The molecule has 2 rings (SSSR count). The number of hydrogen-bond acceptors (Lipinski definition) is 5. The minimum Gasteiger partial charge on any atom is -0.515 e. The Morgan fingerprint density at radius 1 is 1.56 bits per heavy atom. The summed E-state index contributed by atoms with van der Waals surface area (Å²) in [7, 11) is -2.02. The highest BCUT2D eigenvalue weighted by Crippen LogP contribution is 2.40. The highest BCUT2D eigenvalue weighted by Gasteiger charge is 2.52. The number of β-lactam (4-membered cyclic amide) rings is 1. The molecular weight excluding hydrogens is 292 g/mol. The molecule has 2 atom stereocenters. The zero-order chi connectivity index (χ0) is 13.7. The zero-order valence-corrected chi connectivity index (χ0v) is 13.0. The lowest BCUT2D eigenvalue weighted by Gasteiger charge is -2.47. The van der Waals surface area contributed by atoms with Gasteiger partial charge >= 0.3 is 5.97 Å². The number of amides is 1. The molecule has 0 saturated carbocycles. The average molecular weight is 307 g/mol. The fraction of sp³-hybridized carbons (Fsp3) is 0.600. The quantitative estimate of drug-likeness (QED) is 0.610. The van der Waals surface area contributed by atoms with Gasteiger partial charge in [0.1, 0.15) is 17.1 Å². The number of rotatable bonds is 2. The molecule has 2 N–H and O–H groups in total. The molecule has 0 spiro atoms. The van der Waals surface area contributed by atoms with Crippen molar-refractivity contribution >= 4 is 43.6 Å². The van der Waals surface area contributed by atoms with Crippen molar-refractivity contribution in [3.8, 4) is 0 Å². The molecule has 2 aliphatic rings. The van der Waals surface area contributed by atoms with Crippen molar-refractivity contribution < 1.29 is 14.0 Å². The van der Waals surface area contributed by atoms with Crippen LogP contribution in [0.25, 0.3) is 0 Å². The lowest BCUT2D eigenvalue weighted by atomic mass is 10.1. The van der Waals surface area contributed by atoms with E-state index >= 15 is 0 Å². The molecule has 0 radical (unpaired) electrons. The summed E-state index contributed by atoms with van der Waals surface area (Å²) < 4.78 is 5.40. The third-order valence-corrected chi connectivity index (χ3v) is 5.12. The molecule has 8 heteroatoms. The van der Waals surface area contributed by atoms with Crippen molar-refractivity contribution in [2.24, 2.45) is 5.73 Å². The molecule has 1 amide bonds. The van der Waals surface area contributed by atoms with Crippen molar-refractivity contribution in [3.63, 3.8) is 0 Å². The molecule has 5 nitrogen and oxygen atoms in total. The van der Waals surface area contributed by atoms with E-state index in [0.717, 1.165) is 0 Å². The summed E-state index contributed by atoms with van der Waals surface area (Å²) in [6, 6.07) is -0.547. The third-order valence-electron chi connectivity index (χ3n) is 2.56. The van der Waals surface area contributed by atoms with Crippen LogP contribution in [0.3, 0.4) is 0 Å². The van der Waals surface area contributed by atoms with Gasteiger partial charge in [0.2, 0.25) is 14.2 Å². The van der Waals surface area contributed by atoms with Crippen molar-refractivity contribution in [1.82, 2.24) is 4.90 Å². The first-order valence-electron chi connectivity index (χ1n) is 5.54. The van der Waals surface area contributed by atoms with Crippen LogP contribution in [-0.2, 0) is 14.0 Å². The molecule has 0 aliphatic carbocycles. The summed E-state index contributed by atoms with van der Waals surface area (Å²) in [6.07, 6.45) is 0. The maximum atomic E-state index is 12.1. The maximum absolute atomic E-state index is 12.1. The Bertz CT molecular complexity index is 449. The van der Waals surface area contributed by atoms with Gasteiger partial charge in [-0.3, -0.25) is 9.69 Å². The summed E-state index contributed by atoms with van der Waals surface area (Å²) in [5, 5.41) is 0.170. The molecule has 1 unspecified atom stereocenters. The maximum Gasteiger partial charge on any atom is 0.343 e. The summed E-state index contributed by atoms with van der Waals surface area (Å²) >= 11 is 7.52. The summed E-state index contributed by atoms with van der Waals surface area (Å²) in [4.78, 5) is 25.2. The van der Waals surface area contributed by atoms with Crippen LogP contribution < -0.4 is 5.73 Å². The van der Waals surface area contributed by atoms with E-state index in [4.69, 9.17) is 21.8 Å². The van der Waals surface area contributed by atoms with Crippen LogP contribution in [0.1, 0.15) is 0 Å². The number of thioether (sulfide) groups is 1. The van der Waals surface area contributed by atoms with Gasteiger partial charge in [0.05, 0.1) is 5.03 Å². The van der Waals surface area contributed by atoms with Gasteiger partial charge in [0.15, 0.2) is 0 Å². The van der Waals surface area contributed by atoms with E-state index in [0.29, 0.717) is 10.8 Å². The second kappa shape index (κ2) is 4.55. The molecule has 1 fully saturated rings. The van der Waals surface area contributed by atoms with E-state index in [-0.39, 0.29) is 17.0 Å². The predicted molar refractivity (Wildman–Crippen MR) is 73.4 cm³/mol. The Balaban J connectivity index is 2.25. The highest BCUT2D eigenvalue weighted by atomic mass is 35.5. The average Bonchev–Trinajstić information content (AvgIpc) is 2.25. The fourth-order valence-electron chi connectivity index (χ4n) is 1.80. The molecular formula is C10H15ClN2O3SSi. The van der Waals surface area contributed by atoms with Gasteiger partial charge in [-0.1, -0.05) is 11.6 Å². The molecule has 100 valence electrons. The van der Waals surface area contributed by atoms with Gasteiger partial charge in [0.25, 0.3) is 0 Å². The van der Waals surface area contributed by atoms with Crippen molar-refractivity contribution in [2.75, 3.05) is 5.75 Å². The summed E-state index contributed by atoms with van der Waals surface area (Å²) in [5.74, 6) is -0.294. The standard InChI is InChI=1S/C10H15ClN2O3SSi/c1-18(2,3)16-10(15)7-5(11)4-17-9-6(12)8(14)13(7)9/h6,9H,4,12H2,1-3H3/t6?,9-/m0/s1. The van der Waals surface area contributed by atoms with E-state index in [1.165, 1.54) is 16.7 Å². The van der Waals surface area contributed by atoms with E-state index in [1.54, 1.807) is 0 Å². The van der Waals surface area contributed by atoms with E-state index < -0.39 is 20.3 Å². The Morgan fingerprint density at radius 3 is 2.72 bits per heavy atom. The fourth-order valence-corrected chi connectivity index (χ4v) is 3.94. The Hall–Kier alpha value is -0.503. The lowest BCUT2D eigenvalue weighted by Crippen LogP contribution is -2.68. The normalized spacial score (nSPS) is 27.8. The van der Waals surface area contributed by atoms with Gasteiger partial charge in [-0.2, -0.15) is 0 Å². The molecule has 0 aromatic heterocycles. The molecule has 2 heterocycles. The molecule has 2 aliphatic heterocycles. The van der Waals surface area contributed by atoms with Crippen molar-refractivity contribution in [3.05, 3.63) is 10.7 Å². The zero-order valence-electron chi connectivity index (χ0n) is 10.4. The highest BCUT2D eigenvalue weighted by molar-refractivity contribution is 8.00. The predicted octanol–water partition coefficient (Wildman–Crippen LogP) is 1.06. The number of halogens is 1. The second-order valence-corrected chi connectivity index (χ2v) is 11.2. The van der Waals surface area contributed by atoms with Crippen molar-refractivity contribution in [2.45, 2.75) is 31.1 Å². The molecule has 1 saturated heterocycles. The SMILES string of the molecule is C[Si](C)(C)OC(=O)C1=C(Cl)CS[C@H]2C(N)C(=O)N12. The monoisotopic (exact) mass is 306 g/mol. The van der Waals surface area contributed by atoms with Gasteiger partial charge < -0.3 is 10.2 Å². The van der Waals surface area contributed by atoms with Crippen LogP contribution in [0.4, 0.5) is 0 Å². The summed E-state index contributed by atoms with van der Waals surface area (Å²) in [5.41, 5.74) is 5.87. The smallest absolute Gasteiger partial charge is 0.343 e. The number of hydrogen-bond donors (Lipinski definition) is 1. The first-order valence-corrected chi connectivity index (χ1v) is 10.4.